The average molecular weight is 253 g/mol. The molecule has 3 heteroatoms. The molecule has 17 heavy (non-hydrogen) atoms. The molecule has 1 N–H and O–H groups in total. The van der Waals surface area contributed by atoms with Crippen molar-refractivity contribution in [1.29, 1.82) is 0 Å². The maximum Gasteiger partial charge on any atom is 0.146 e. The van der Waals surface area contributed by atoms with Crippen molar-refractivity contribution in [3.05, 3.63) is 29.6 Å². The summed E-state index contributed by atoms with van der Waals surface area (Å²) in [4.78, 5) is 0. The van der Waals surface area contributed by atoms with Gasteiger partial charge in [0.2, 0.25) is 0 Å². The summed E-state index contributed by atoms with van der Waals surface area (Å²) in [5.41, 5.74) is 1.95. The lowest BCUT2D eigenvalue weighted by molar-refractivity contribution is 0.357. The van der Waals surface area contributed by atoms with Crippen LogP contribution in [0.5, 0.6) is 0 Å². The van der Waals surface area contributed by atoms with E-state index < -0.39 is 0 Å². The summed E-state index contributed by atoms with van der Waals surface area (Å²) < 4.78 is 13.7. The third-order valence-electron chi connectivity index (χ3n) is 3.10. The first kappa shape index (κ1) is 12.7. The molecule has 1 unspecified atom stereocenters. The van der Waals surface area contributed by atoms with Gasteiger partial charge in [-0.1, -0.05) is 19.9 Å². The summed E-state index contributed by atoms with van der Waals surface area (Å²) in [5, 5.41) is 3.34. The van der Waals surface area contributed by atoms with Crippen molar-refractivity contribution in [2.45, 2.75) is 33.2 Å². The third kappa shape index (κ3) is 3.38. The summed E-state index contributed by atoms with van der Waals surface area (Å²) in [6, 6.07) is 5.76. The Morgan fingerprint density at radius 3 is 2.82 bits per heavy atom. The van der Waals surface area contributed by atoms with Gasteiger partial charge in [-0.2, -0.15) is 11.8 Å². The summed E-state index contributed by atoms with van der Waals surface area (Å²) in [7, 11) is 0. The molecular formula is C14H20FNS. The molecule has 1 atom stereocenters. The normalized spacial score (nSPS) is 23.4. The second-order valence-corrected chi connectivity index (χ2v) is 6.74. The van der Waals surface area contributed by atoms with Crippen LogP contribution in [0.4, 0.5) is 10.1 Å². The Morgan fingerprint density at radius 2 is 2.18 bits per heavy atom. The van der Waals surface area contributed by atoms with E-state index in [1.54, 1.807) is 6.07 Å². The first-order chi connectivity index (χ1) is 7.96. The molecule has 1 saturated heterocycles. The van der Waals surface area contributed by atoms with Crippen LogP contribution in [-0.4, -0.2) is 17.5 Å². The van der Waals surface area contributed by atoms with Crippen LogP contribution in [0.25, 0.3) is 0 Å². The minimum Gasteiger partial charge on any atom is -0.379 e. The van der Waals surface area contributed by atoms with E-state index in [4.69, 9.17) is 0 Å². The highest BCUT2D eigenvalue weighted by molar-refractivity contribution is 7.99. The van der Waals surface area contributed by atoms with Crippen LogP contribution in [0, 0.1) is 18.2 Å². The fraction of sp³-hybridized carbons (Fsp3) is 0.571. The molecule has 1 aliphatic rings. The second kappa shape index (κ2) is 4.89. The van der Waals surface area contributed by atoms with E-state index in [1.807, 2.05) is 30.8 Å². The molecule has 1 aromatic rings. The van der Waals surface area contributed by atoms with Crippen molar-refractivity contribution in [2.24, 2.45) is 5.41 Å². The Morgan fingerprint density at radius 1 is 1.41 bits per heavy atom. The topological polar surface area (TPSA) is 12.0 Å². The smallest absolute Gasteiger partial charge is 0.146 e. The number of hydrogen-bond acceptors (Lipinski definition) is 2. The quantitative estimate of drug-likeness (QED) is 0.852. The molecular weight excluding hydrogens is 233 g/mol. The Kier molecular flexibility index (Phi) is 3.67. The lowest BCUT2D eigenvalue weighted by Gasteiger charge is -2.35. The number of nitrogens with one attached hydrogen (secondary N) is 1. The number of hydrogen-bond donors (Lipinski definition) is 1. The van der Waals surface area contributed by atoms with E-state index in [2.05, 4.69) is 19.2 Å². The molecule has 0 radical (unpaired) electrons. The molecule has 2 rings (SSSR count). The summed E-state index contributed by atoms with van der Waals surface area (Å²) >= 11 is 1.95. The number of aryl methyl sites for hydroxylation is 1. The molecule has 0 bridgehead atoms. The standard InChI is InChI=1S/C14H20FNS/c1-10-4-5-13(12(15)6-10)16-11-7-14(2,3)9-17-8-11/h4-6,11,16H,7-9H2,1-3H3. The Bertz CT molecular complexity index is 403. The lowest BCUT2D eigenvalue weighted by atomic mass is 9.88. The average Bonchev–Trinajstić information content (AvgIpc) is 2.21. The van der Waals surface area contributed by atoms with Crippen LogP contribution in [0.3, 0.4) is 0 Å². The van der Waals surface area contributed by atoms with E-state index in [0.29, 0.717) is 17.1 Å². The monoisotopic (exact) mass is 253 g/mol. The van der Waals surface area contributed by atoms with Crippen molar-refractivity contribution in [2.75, 3.05) is 16.8 Å². The summed E-state index contributed by atoms with van der Waals surface area (Å²) in [5.74, 6) is 2.12. The Hall–Kier alpha value is -0.700. The minimum atomic E-state index is -0.140. The van der Waals surface area contributed by atoms with Gasteiger partial charge in [0.1, 0.15) is 5.82 Å². The van der Waals surface area contributed by atoms with Gasteiger partial charge in [-0.3, -0.25) is 0 Å². The van der Waals surface area contributed by atoms with Crippen molar-refractivity contribution in [1.82, 2.24) is 0 Å². The van der Waals surface area contributed by atoms with Gasteiger partial charge in [0.15, 0.2) is 0 Å². The van der Waals surface area contributed by atoms with Crippen molar-refractivity contribution >= 4 is 17.4 Å². The van der Waals surface area contributed by atoms with Crippen molar-refractivity contribution < 1.29 is 4.39 Å². The zero-order chi connectivity index (χ0) is 12.5. The van der Waals surface area contributed by atoms with Gasteiger partial charge in [0, 0.05) is 11.8 Å². The molecule has 1 aromatic carbocycles. The molecule has 1 heterocycles. The molecule has 94 valence electrons. The highest BCUT2D eigenvalue weighted by Crippen LogP contribution is 2.35. The highest BCUT2D eigenvalue weighted by atomic mass is 32.2. The van der Waals surface area contributed by atoms with Crippen LogP contribution in [0.1, 0.15) is 25.8 Å². The van der Waals surface area contributed by atoms with Crippen LogP contribution in [-0.2, 0) is 0 Å². The van der Waals surface area contributed by atoms with Gasteiger partial charge < -0.3 is 5.32 Å². The SMILES string of the molecule is Cc1ccc(NC2CSCC(C)(C)C2)c(F)c1. The van der Waals surface area contributed by atoms with Gasteiger partial charge >= 0.3 is 0 Å². The van der Waals surface area contributed by atoms with E-state index in [1.165, 1.54) is 5.75 Å². The van der Waals surface area contributed by atoms with E-state index >= 15 is 0 Å². The van der Waals surface area contributed by atoms with Crippen LogP contribution < -0.4 is 5.32 Å². The molecule has 1 fully saturated rings. The predicted octanol–water partition coefficient (Wildman–Crippen LogP) is 4.08. The largest absolute Gasteiger partial charge is 0.379 e. The summed E-state index contributed by atoms with van der Waals surface area (Å²) in [6.07, 6.45) is 1.10. The zero-order valence-corrected chi connectivity index (χ0v) is 11.5. The molecule has 0 spiro atoms. The number of rotatable bonds is 2. The highest BCUT2D eigenvalue weighted by Gasteiger charge is 2.28. The van der Waals surface area contributed by atoms with E-state index in [0.717, 1.165) is 17.7 Å². The number of anilines is 1. The third-order valence-corrected chi connectivity index (χ3v) is 4.72. The number of benzene rings is 1. The van der Waals surface area contributed by atoms with Gasteiger partial charge in [-0.25, -0.2) is 4.39 Å². The Labute approximate surface area is 107 Å². The molecule has 0 saturated carbocycles. The fourth-order valence-electron chi connectivity index (χ4n) is 2.31. The zero-order valence-electron chi connectivity index (χ0n) is 10.7. The van der Waals surface area contributed by atoms with Gasteiger partial charge in [0.25, 0.3) is 0 Å². The first-order valence-corrected chi connectivity index (χ1v) is 7.22. The Balaban J connectivity index is 2.05. The molecule has 0 aliphatic carbocycles. The summed E-state index contributed by atoms with van der Waals surface area (Å²) in [6.45, 7) is 6.46. The van der Waals surface area contributed by atoms with Gasteiger partial charge in [-0.05, 0) is 42.2 Å². The maximum absolute atomic E-state index is 13.7. The van der Waals surface area contributed by atoms with Gasteiger partial charge in [-0.15, -0.1) is 0 Å². The van der Waals surface area contributed by atoms with Crippen LogP contribution in [0.2, 0.25) is 0 Å². The second-order valence-electron chi connectivity index (χ2n) is 5.71. The number of thioether (sulfide) groups is 1. The first-order valence-electron chi connectivity index (χ1n) is 6.07. The minimum absolute atomic E-state index is 0.140. The molecule has 0 aromatic heterocycles. The number of halogens is 1. The predicted molar refractivity (Wildman–Crippen MR) is 74.3 cm³/mol. The lowest BCUT2D eigenvalue weighted by Crippen LogP contribution is -2.35. The maximum atomic E-state index is 13.7. The fourth-order valence-corrected chi connectivity index (χ4v) is 3.59. The molecule has 1 aliphatic heterocycles. The molecule has 0 amide bonds. The van der Waals surface area contributed by atoms with Crippen molar-refractivity contribution in [3.8, 4) is 0 Å². The van der Waals surface area contributed by atoms with Gasteiger partial charge in [0.05, 0.1) is 5.69 Å². The molecule has 1 nitrogen and oxygen atoms in total. The van der Waals surface area contributed by atoms with Crippen molar-refractivity contribution in [3.63, 3.8) is 0 Å². The van der Waals surface area contributed by atoms with Crippen LogP contribution in [0.15, 0.2) is 18.2 Å². The van der Waals surface area contributed by atoms with E-state index in [-0.39, 0.29) is 5.82 Å². The van der Waals surface area contributed by atoms with Crippen LogP contribution >= 0.6 is 11.8 Å². The van der Waals surface area contributed by atoms with E-state index in [9.17, 15) is 4.39 Å².